The molecule has 0 aliphatic rings. The molecule has 10 heteroatoms. The Morgan fingerprint density at radius 3 is 2.52 bits per heavy atom. The number of nitrogens with zero attached hydrogens (tertiary/aromatic N) is 5. The predicted molar refractivity (Wildman–Crippen MR) is 105 cm³/mol. The Labute approximate surface area is 164 Å². The van der Waals surface area contributed by atoms with Gasteiger partial charge in [0, 0.05) is 23.6 Å². The molecule has 0 fully saturated rings. The van der Waals surface area contributed by atoms with Gasteiger partial charge < -0.3 is 5.73 Å². The van der Waals surface area contributed by atoms with E-state index in [1.54, 1.807) is 36.5 Å². The summed E-state index contributed by atoms with van der Waals surface area (Å²) < 4.78 is 42.1. The Kier molecular flexibility index (Phi) is 3.65. The smallest absolute Gasteiger partial charge is 0.301 e. The van der Waals surface area contributed by atoms with Gasteiger partial charge in [0.05, 0.1) is 12.4 Å². The van der Waals surface area contributed by atoms with E-state index in [1.807, 2.05) is 0 Å². The van der Waals surface area contributed by atoms with E-state index in [1.165, 1.54) is 35.1 Å². The molecule has 0 bridgehead atoms. The standard InChI is InChI=1S/C19H13FN6O2S/c20-14-3-1-12(2-4-14)13-7-17-16(22-8-13)9-24-26(17)29(27,28)19-10-23-18-6-5-15(21)11-25(18)19/h1-11H,21H2. The monoisotopic (exact) mass is 408 g/mol. The second-order valence-corrected chi connectivity index (χ2v) is 8.13. The molecular formula is C19H13FN6O2S. The second-order valence-electron chi connectivity index (χ2n) is 6.41. The third-order valence-electron chi connectivity index (χ3n) is 4.55. The number of aromatic nitrogens is 5. The molecule has 0 amide bonds. The SMILES string of the molecule is Nc1ccc2ncc(S(=O)(=O)n3ncc4ncc(-c5ccc(F)cc5)cc43)n2c1. The van der Waals surface area contributed by atoms with Crippen molar-refractivity contribution in [1.82, 2.24) is 23.6 Å². The van der Waals surface area contributed by atoms with Crippen LogP contribution >= 0.6 is 0 Å². The lowest BCUT2D eigenvalue weighted by molar-refractivity contribution is 0.577. The van der Waals surface area contributed by atoms with Crippen molar-refractivity contribution in [1.29, 1.82) is 0 Å². The molecule has 1 aromatic carbocycles. The van der Waals surface area contributed by atoms with Crippen molar-refractivity contribution in [2.24, 2.45) is 0 Å². The molecule has 5 rings (SSSR count). The van der Waals surface area contributed by atoms with E-state index in [0.29, 0.717) is 33.5 Å². The van der Waals surface area contributed by atoms with Crippen LogP contribution in [0.3, 0.4) is 0 Å². The van der Waals surface area contributed by atoms with Gasteiger partial charge in [-0.25, -0.2) is 9.37 Å². The number of benzene rings is 1. The average molecular weight is 408 g/mol. The fraction of sp³-hybridized carbons (Fsp3) is 0. The lowest BCUT2D eigenvalue weighted by Crippen LogP contribution is -2.16. The Morgan fingerprint density at radius 2 is 1.72 bits per heavy atom. The summed E-state index contributed by atoms with van der Waals surface area (Å²) in [5.74, 6) is -0.359. The molecule has 4 heterocycles. The van der Waals surface area contributed by atoms with Crippen molar-refractivity contribution >= 4 is 32.4 Å². The number of halogens is 1. The van der Waals surface area contributed by atoms with Crippen LogP contribution in [0.15, 0.2) is 72.3 Å². The Hall–Kier alpha value is -3.79. The van der Waals surface area contributed by atoms with Crippen LogP contribution in [0.5, 0.6) is 0 Å². The van der Waals surface area contributed by atoms with Crippen molar-refractivity contribution in [2.45, 2.75) is 5.03 Å². The highest BCUT2D eigenvalue weighted by Crippen LogP contribution is 2.26. The molecule has 0 spiro atoms. The van der Waals surface area contributed by atoms with Gasteiger partial charge in [0.1, 0.15) is 22.5 Å². The zero-order chi connectivity index (χ0) is 20.2. The van der Waals surface area contributed by atoms with E-state index in [4.69, 9.17) is 5.73 Å². The van der Waals surface area contributed by atoms with Crippen LogP contribution < -0.4 is 5.73 Å². The van der Waals surface area contributed by atoms with Gasteiger partial charge in [0.25, 0.3) is 0 Å². The zero-order valence-electron chi connectivity index (χ0n) is 14.8. The lowest BCUT2D eigenvalue weighted by Gasteiger charge is -2.07. The Balaban J connectivity index is 1.70. The van der Waals surface area contributed by atoms with Gasteiger partial charge in [-0.3, -0.25) is 9.38 Å². The summed E-state index contributed by atoms with van der Waals surface area (Å²) in [6, 6.07) is 10.8. The van der Waals surface area contributed by atoms with Crippen molar-refractivity contribution in [3.63, 3.8) is 0 Å². The molecule has 8 nitrogen and oxygen atoms in total. The highest BCUT2D eigenvalue weighted by atomic mass is 32.2. The molecule has 4 aromatic heterocycles. The summed E-state index contributed by atoms with van der Waals surface area (Å²) in [6.07, 6.45) is 5.71. The minimum absolute atomic E-state index is 0.0722. The fourth-order valence-corrected chi connectivity index (χ4v) is 4.47. The minimum Gasteiger partial charge on any atom is -0.398 e. The predicted octanol–water partition coefficient (Wildman–Crippen LogP) is 2.70. The fourth-order valence-electron chi connectivity index (χ4n) is 3.13. The number of imidazole rings is 1. The number of fused-ring (bicyclic) bond motifs is 2. The number of hydrogen-bond acceptors (Lipinski definition) is 6. The van der Waals surface area contributed by atoms with Crippen LogP contribution in [0.4, 0.5) is 10.1 Å². The van der Waals surface area contributed by atoms with Crippen molar-refractivity contribution in [3.8, 4) is 11.1 Å². The summed E-state index contributed by atoms with van der Waals surface area (Å²) in [6.45, 7) is 0. The van der Waals surface area contributed by atoms with Crippen molar-refractivity contribution < 1.29 is 12.8 Å². The summed E-state index contributed by atoms with van der Waals surface area (Å²) in [7, 11) is -4.08. The van der Waals surface area contributed by atoms with Crippen molar-refractivity contribution in [3.05, 3.63) is 73.1 Å². The first-order chi connectivity index (χ1) is 13.9. The van der Waals surface area contributed by atoms with Crippen LogP contribution in [0.25, 0.3) is 27.8 Å². The van der Waals surface area contributed by atoms with E-state index in [-0.39, 0.29) is 10.8 Å². The average Bonchev–Trinajstić information content (AvgIpc) is 3.32. The number of hydrogen-bond donors (Lipinski definition) is 1. The van der Waals surface area contributed by atoms with E-state index < -0.39 is 10.0 Å². The molecule has 0 saturated heterocycles. The second kappa shape index (κ2) is 6.11. The minimum atomic E-state index is -4.08. The van der Waals surface area contributed by atoms with Crippen LogP contribution in [-0.2, 0) is 10.0 Å². The summed E-state index contributed by atoms with van der Waals surface area (Å²) in [4.78, 5) is 8.41. The third-order valence-corrected chi connectivity index (χ3v) is 6.13. The highest BCUT2D eigenvalue weighted by Gasteiger charge is 2.25. The molecule has 0 unspecified atom stereocenters. The van der Waals surface area contributed by atoms with E-state index in [9.17, 15) is 12.8 Å². The van der Waals surface area contributed by atoms with Gasteiger partial charge in [-0.1, -0.05) is 12.1 Å². The molecule has 0 aliphatic carbocycles. The molecule has 0 aliphatic heterocycles. The van der Waals surface area contributed by atoms with Gasteiger partial charge in [-0.15, -0.1) is 0 Å². The molecule has 144 valence electrons. The van der Waals surface area contributed by atoms with Gasteiger partial charge in [-0.05, 0) is 35.9 Å². The third kappa shape index (κ3) is 2.72. The summed E-state index contributed by atoms with van der Waals surface area (Å²) in [5.41, 5.74) is 8.69. The van der Waals surface area contributed by atoms with E-state index >= 15 is 0 Å². The number of anilines is 1. The van der Waals surface area contributed by atoms with E-state index in [2.05, 4.69) is 15.1 Å². The maximum absolute atomic E-state index is 13.3. The summed E-state index contributed by atoms with van der Waals surface area (Å²) >= 11 is 0. The maximum atomic E-state index is 13.3. The van der Waals surface area contributed by atoms with Crippen LogP contribution in [-0.4, -0.2) is 32.0 Å². The molecule has 0 saturated carbocycles. The first kappa shape index (κ1) is 17.3. The van der Waals surface area contributed by atoms with Crippen molar-refractivity contribution in [2.75, 3.05) is 5.73 Å². The Morgan fingerprint density at radius 1 is 0.931 bits per heavy atom. The Bertz CT molecular complexity index is 1490. The quantitative estimate of drug-likeness (QED) is 0.492. The summed E-state index contributed by atoms with van der Waals surface area (Å²) in [5, 5.41) is 3.96. The number of nitrogens with two attached hydrogens (primary N) is 1. The normalized spacial score (nSPS) is 12.0. The molecule has 5 aromatic rings. The molecular weight excluding hydrogens is 395 g/mol. The lowest BCUT2D eigenvalue weighted by atomic mass is 10.1. The first-order valence-corrected chi connectivity index (χ1v) is 9.95. The zero-order valence-corrected chi connectivity index (χ0v) is 15.6. The highest BCUT2D eigenvalue weighted by molar-refractivity contribution is 7.90. The van der Waals surface area contributed by atoms with Crippen LogP contribution in [0.1, 0.15) is 0 Å². The van der Waals surface area contributed by atoms with Gasteiger partial charge >= 0.3 is 10.0 Å². The topological polar surface area (TPSA) is 108 Å². The molecule has 2 N–H and O–H groups in total. The van der Waals surface area contributed by atoms with Gasteiger partial charge in [0.2, 0.25) is 0 Å². The van der Waals surface area contributed by atoms with Gasteiger partial charge in [0.15, 0.2) is 5.03 Å². The van der Waals surface area contributed by atoms with Gasteiger partial charge in [-0.2, -0.15) is 17.6 Å². The number of pyridine rings is 2. The van der Waals surface area contributed by atoms with Crippen LogP contribution in [0.2, 0.25) is 0 Å². The molecule has 29 heavy (non-hydrogen) atoms. The van der Waals surface area contributed by atoms with E-state index in [0.717, 1.165) is 4.09 Å². The number of nitrogen functional groups attached to an aromatic ring is 1. The number of rotatable bonds is 3. The molecule has 0 atom stereocenters. The molecule has 0 radical (unpaired) electrons. The first-order valence-electron chi connectivity index (χ1n) is 8.51. The maximum Gasteiger partial charge on any atom is 0.301 e. The largest absolute Gasteiger partial charge is 0.398 e. The van der Waals surface area contributed by atoms with Crippen LogP contribution in [0, 0.1) is 5.82 Å².